The van der Waals surface area contributed by atoms with Gasteiger partial charge in [0.2, 0.25) is 0 Å². The first-order valence-corrected chi connectivity index (χ1v) is 9.49. The molecule has 3 heterocycles. The second-order valence-corrected chi connectivity index (χ2v) is 7.65. The average molecular weight is 373 g/mol. The summed E-state index contributed by atoms with van der Waals surface area (Å²) in [5.41, 5.74) is -0.716. The number of hydrogen-bond acceptors (Lipinski definition) is 6. The zero-order chi connectivity index (χ0) is 18.0. The Labute approximate surface area is 154 Å². The van der Waals surface area contributed by atoms with Gasteiger partial charge in [0.15, 0.2) is 5.82 Å². The van der Waals surface area contributed by atoms with Crippen LogP contribution in [0.2, 0.25) is 0 Å². The number of nitrogens with zero attached hydrogens (tertiary/aromatic N) is 5. The Kier molecular flexibility index (Phi) is 4.80. The van der Waals surface area contributed by atoms with E-state index in [9.17, 15) is 9.50 Å². The van der Waals surface area contributed by atoms with Gasteiger partial charge in [-0.15, -0.1) is 16.4 Å². The van der Waals surface area contributed by atoms with E-state index < -0.39 is 5.60 Å². The zero-order valence-electron chi connectivity index (χ0n) is 14.3. The van der Waals surface area contributed by atoms with E-state index in [1.54, 1.807) is 29.5 Å². The largest absolute Gasteiger partial charge is 0.385 e. The molecule has 1 N–H and O–H groups in total. The molecule has 8 heteroatoms. The molecule has 6 nitrogen and oxygen atoms in total. The molecule has 0 amide bonds. The molecule has 1 aliphatic rings. The molecular formula is C18H20FN5OS. The molecule has 2 aromatic heterocycles. The number of aliphatic hydroxyl groups is 1. The van der Waals surface area contributed by atoms with Crippen LogP contribution in [0.5, 0.6) is 0 Å². The second kappa shape index (κ2) is 7.22. The van der Waals surface area contributed by atoms with Crippen molar-refractivity contribution in [3.8, 4) is 0 Å². The molecule has 0 aliphatic carbocycles. The Bertz CT molecular complexity index is 858. The average Bonchev–Trinajstić information content (AvgIpc) is 3.30. The highest BCUT2D eigenvalue weighted by Gasteiger charge is 2.36. The van der Waals surface area contributed by atoms with Crippen LogP contribution in [-0.2, 0) is 18.7 Å². The quantitative estimate of drug-likeness (QED) is 0.744. The number of likely N-dealkylation sites (tertiary alicyclic amines) is 1. The van der Waals surface area contributed by atoms with Crippen molar-refractivity contribution in [1.82, 2.24) is 25.1 Å². The van der Waals surface area contributed by atoms with E-state index in [1.807, 2.05) is 16.1 Å². The van der Waals surface area contributed by atoms with Crippen LogP contribution >= 0.6 is 11.3 Å². The summed E-state index contributed by atoms with van der Waals surface area (Å²) in [5.74, 6) is 0.457. The third-order valence-electron chi connectivity index (χ3n) is 4.92. The summed E-state index contributed by atoms with van der Waals surface area (Å²) in [6.07, 6.45) is 0.973. The van der Waals surface area contributed by atoms with Crippen LogP contribution in [0.15, 0.2) is 41.8 Å². The van der Waals surface area contributed by atoms with Crippen LogP contribution in [0.25, 0.3) is 0 Å². The van der Waals surface area contributed by atoms with Gasteiger partial charge in [0.25, 0.3) is 0 Å². The molecule has 0 unspecified atom stereocenters. The molecule has 0 bridgehead atoms. The molecule has 136 valence electrons. The number of aromatic nitrogens is 4. The van der Waals surface area contributed by atoms with Crippen molar-refractivity contribution in [2.45, 2.75) is 31.5 Å². The minimum absolute atomic E-state index is 0.344. The lowest BCUT2D eigenvalue weighted by atomic mass is 9.84. The van der Waals surface area contributed by atoms with Gasteiger partial charge in [-0.05, 0) is 40.8 Å². The molecule has 0 saturated carbocycles. The molecular weight excluding hydrogens is 353 g/mol. The van der Waals surface area contributed by atoms with Gasteiger partial charge in [-0.3, -0.25) is 4.90 Å². The molecule has 1 saturated heterocycles. The fraction of sp³-hybridized carbons (Fsp3) is 0.389. The van der Waals surface area contributed by atoms with Gasteiger partial charge in [-0.1, -0.05) is 24.3 Å². The predicted octanol–water partition coefficient (Wildman–Crippen LogP) is 2.41. The van der Waals surface area contributed by atoms with E-state index in [0.29, 0.717) is 44.6 Å². The third-order valence-corrected chi connectivity index (χ3v) is 5.78. The fourth-order valence-corrected chi connectivity index (χ4v) is 4.08. The van der Waals surface area contributed by atoms with E-state index in [2.05, 4.69) is 26.5 Å². The number of piperidine rings is 1. The van der Waals surface area contributed by atoms with Crippen LogP contribution in [0.1, 0.15) is 29.1 Å². The lowest BCUT2D eigenvalue weighted by Gasteiger charge is -2.38. The number of tetrazole rings is 1. The first kappa shape index (κ1) is 17.3. The Hall–Kier alpha value is -2.16. The van der Waals surface area contributed by atoms with Crippen molar-refractivity contribution >= 4 is 11.3 Å². The number of rotatable bonds is 5. The molecule has 0 spiro atoms. The summed E-state index contributed by atoms with van der Waals surface area (Å²) in [6.45, 7) is 2.60. The van der Waals surface area contributed by atoms with Crippen molar-refractivity contribution in [1.29, 1.82) is 0 Å². The predicted molar refractivity (Wildman–Crippen MR) is 96.0 cm³/mol. The van der Waals surface area contributed by atoms with Crippen LogP contribution in [0.3, 0.4) is 0 Å². The number of benzene rings is 1. The third kappa shape index (κ3) is 3.53. The first-order valence-electron chi connectivity index (χ1n) is 8.61. The summed E-state index contributed by atoms with van der Waals surface area (Å²) in [5, 5.41) is 24.9. The highest BCUT2D eigenvalue weighted by molar-refractivity contribution is 7.09. The molecule has 0 radical (unpaired) electrons. The van der Waals surface area contributed by atoms with Crippen LogP contribution in [-0.4, -0.2) is 43.3 Å². The van der Waals surface area contributed by atoms with Crippen molar-refractivity contribution in [3.63, 3.8) is 0 Å². The van der Waals surface area contributed by atoms with Gasteiger partial charge < -0.3 is 5.11 Å². The van der Waals surface area contributed by atoms with Gasteiger partial charge in [-0.2, -0.15) is 0 Å². The lowest BCUT2D eigenvalue weighted by Crippen LogP contribution is -2.43. The summed E-state index contributed by atoms with van der Waals surface area (Å²) in [7, 11) is 0. The maximum absolute atomic E-state index is 14.1. The maximum atomic E-state index is 14.1. The SMILES string of the molecule is OC1(c2ccccc2F)CCN(Cc2nnnn2Cc2cccs2)CC1. The topological polar surface area (TPSA) is 67.1 Å². The van der Waals surface area contributed by atoms with Crippen LogP contribution in [0.4, 0.5) is 4.39 Å². The van der Waals surface area contributed by atoms with Crippen LogP contribution in [0, 0.1) is 5.82 Å². The molecule has 3 aromatic rings. The Morgan fingerprint density at radius 3 is 2.65 bits per heavy atom. The van der Waals surface area contributed by atoms with E-state index in [1.165, 1.54) is 10.9 Å². The van der Waals surface area contributed by atoms with Gasteiger partial charge in [-0.25, -0.2) is 9.07 Å². The lowest BCUT2D eigenvalue weighted by molar-refractivity contribution is -0.0309. The Morgan fingerprint density at radius 2 is 1.92 bits per heavy atom. The summed E-state index contributed by atoms with van der Waals surface area (Å²) < 4.78 is 15.9. The molecule has 1 aromatic carbocycles. The van der Waals surface area contributed by atoms with Crippen molar-refractivity contribution < 1.29 is 9.50 Å². The molecule has 1 aliphatic heterocycles. The Morgan fingerprint density at radius 1 is 1.12 bits per heavy atom. The standard InChI is InChI=1S/C18H20FN5OS/c19-16-6-2-1-5-15(16)18(25)7-9-23(10-8-18)13-17-20-21-22-24(17)12-14-4-3-11-26-14/h1-6,11,25H,7-10,12-13H2. The number of halogens is 1. The van der Waals surface area contributed by atoms with Gasteiger partial charge in [0, 0.05) is 23.5 Å². The number of hydrogen-bond donors (Lipinski definition) is 1. The van der Waals surface area contributed by atoms with E-state index in [0.717, 1.165) is 5.82 Å². The highest BCUT2D eigenvalue weighted by Crippen LogP contribution is 2.34. The van der Waals surface area contributed by atoms with Crippen LogP contribution < -0.4 is 0 Å². The monoisotopic (exact) mass is 373 g/mol. The molecule has 1 fully saturated rings. The summed E-state index contributed by atoms with van der Waals surface area (Å²) in [4.78, 5) is 3.40. The summed E-state index contributed by atoms with van der Waals surface area (Å²) in [6, 6.07) is 10.6. The molecule has 4 rings (SSSR count). The van der Waals surface area contributed by atoms with E-state index in [4.69, 9.17) is 0 Å². The Balaban J connectivity index is 1.40. The van der Waals surface area contributed by atoms with Gasteiger partial charge in [0.1, 0.15) is 5.82 Å². The molecule has 26 heavy (non-hydrogen) atoms. The normalized spacial score (nSPS) is 17.5. The van der Waals surface area contributed by atoms with Gasteiger partial charge >= 0.3 is 0 Å². The minimum Gasteiger partial charge on any atom is -0.385 e. The highest BCUT2D eigenvalue weighted by atomic mass is 32.1. The molecule has 0 atom stereocenters. The second-order valence-electron chi connectivity index (χ2n) is 6.62. The van der Waals surface area contributed by atoms with E-state index >= 15 is 0 Å². The minimum atomic E-state index is -1.11. The summed E-state index contributed by atoms with van der Waals surface area (Å²) >= 11 is 1.68. The van der Waals surface area contributed by atoms with Gasteiger partial charge in [0.05, 0.1) is 18.7 Å². The van der Waals surface area contributed by atoms with Crippen molar-refractivity contribution in [2.75, 3.05) is 13.1 Å². The smallest absolute Gasteiger partial charge is 0.165 e. The van der Waals surface area contributed by atoms with Crippen molar-refractivity contribution in [3.05, 3.63) is 63.9 Å². The first-order chi connectivity index (χ1) is 12.6. The number of thiophene rings is 1. The van der Waals surface area contributed by atoms with E-state index in [-0.39, 0.29) is 5.82 Å². The fourth-order valence-electron chi connectivity index (χ4n) is 3.40. The van der Waals surface area contributed by atoms with Crippen molar-refractivity contribution in [2.24, 2.45) is 0 Å². The zero-order valence-corrected chi connectivity index (χ0v) is 15.1. The maximum Gasteiger partial charge on any atom is 0.165 e.